The van der Waals surface area contributed by atoms with Gasteiger partial charge in [-0.05, 0) is 45.4 Å². The normalized spacial score (nSPS) is 17.4. The Morgan fingerprint density at radius 2 is 2.19 bits per heavy atom. The van der Waals surface area contributed by atoms with Gasteiger partial charge >= 0.3 is 5.97 Å². The predicted octanol–water partition coefficient (Wildman–Crippen LogP) is 3.74. The van der Waals surface area contributed by atoms with Crippen LogP contribution in [-0.2, 0) is 25.7 Å². The van der Waals surface area contributed by atoms with Crippen molar-refractivity contribution in [3.05, 3.63) is 40.1 Å². The lowest BCUT2D eigenvalue weighted by atomic mass is 9.95. The van der Waals surface area contributed by atoms with Gasteiger partial charge in [-0.15, -0.1) is 0 Å². The summed E-state index contributed by atoms with van der Waals surface area (Å²) in [5.74, 6) is -0.938. The molecule has 1 aliphatic rings. The quantitative estimate of drug-likeness (QED) is 0.343. The maximum absolute atomic E-state index is 12.2. The molecule has 2 rings (SSSR count). The summed E-state index contributed by atoms with van der Waals surface area (Å²) in [7, 11) is 0. The third kappa shape index (κ3) is 5.08. The van der Waals surface area contributed by atoms with Crippen LogP contribution in [-0.4, -0.2) is 41.5 Å². The number of nitrogens with zero attached hydrogens (tertiary/aromatic N) is 2. The second-order valence-electron chi connectivity index (χ2n) is 6.75. The number of hydrogen-bond acceptors (Lipinski definition) is 6. The minimum Gasteiger partial charge on any atom is -0.512 e. The van der Waals surface area contributed by atoms with E-state index in [0.717, 1.165) is 0 Å². The maximum Gasteiger partial charge on any atom is 0.343 e. The number of hydroxylamine groups is 2. The van der Waals surface area contributed by atoms with Crippen LogP contribution in [0.15, 0.2) is 34.5 Å². The van der Waals surface area contributed by atoms with Gasteiger partial charge in [0.2, 0.25) is 0 Å². The summed E-state index contributed by atoms with van der Waals surface area (Å²) in [4.78, 5) is 33.6. The average Bonchev–Trinajstić information content (AvgIpc) is 2.84. The SMILES string of the molecule is CCOC(=O)/C(C=Nc1ccc(CN2OCC(C)(C)C2=O)c(Cl)c1)=C(\C)O. The first kappa shape index (κ1) is 20.9. The van der Waals surface area contributed by atoms with Crippen LogP contribution < -0.4 is 0 Å². The van der Waals surface area contributed by atoms with E-state index in [2.05, 4.69) is 4.99 Å². The Hall–Kier alpha value is -2.38. The van der Waals surface area contributed by atoms with Crippen molar-refractivity contribution in [2.45, 2.75) is 34.2 Å². The number of amides is 1. The van der Waals surface area contributed by atoms with Crippen molar-refractivity contribution in [2.75, 3.05) is 13.2 Å². The van der Waals surface area contributed by atoms with E-state index < -0.39 is 11.4 Å². The van der Waals surface area contributed by atoms with E-state index in [9.17, 15) is 14.7 Å². The van der Waals surface area contributed by atoms with Crippen LogP contribution in [0.2, 0.25) is 5.02 Å². The van der Waals surface area contributed by atoms with Crippen molar-refractivity contribution in [2.24, 2.45) is 10.4 Å². The van der Waals surface area contributed by atoms with Gasteiger partial charge in [0.15, 0.2) is 0 Å². The summed E-state index contributed by atoms with van der Waals surface area (Å²) in [6.45, 7) is 7.46. The van der Waals surface area contributed by atoms with Crippen molar-refractivity contribution in [1.29, 1.82) is 0 Å². The number of halogens is 1. The molecule has 27 heavy (non-hydrogen) atoms. The van der Waals surface area contributed by atoms with E-state index in [-0.39, 0.29) is 30.4 Å². The zero-order valence-electron chi connectivity index (χ0n) is 15.8. The van der Waals surface area contributed by atoms with E-state index in [1.165, 1.54) is 18.2 Å². The largest absolute Gasteiger partial charge is 0.512 e. The number of rotatable bonds is 6. The monoisotopic (exact) mass is 394 g/mol. The number of ether oxygens (including phenoxy) is 1. The van der Waals surface area contributed by atoms with Gasteiger partial charge in [0.1, 0.15) is 11.3 Å². The Morgan fingerprint density at radius 3 is 2.70 bits per heavy atom. The number of aliphatic imine (C=N–C) groups is 1. The zero-order valence-corrected chi connectivity index (χ0v) is 16.5. The topological polar surface area (TPSA) is 88.4 Å². The molecule has 0 saturated carbocycles. The average molecular weight is 395 g/mol. The molecule has 146 valence electrons. The molecule has 0 aromatic heterocycles. The second kappa shape index (κ2) is 8.54. The molecule has 1 aliphatic heterocycles. The molecule has 1 N–H and O–H groups in total. The minimum atomic E-state index is -0.656. The first-order chi connectivity index (χ1) is 12.7. The first-order valence-electron chi connectivity index (χ1n) is 8.50. The second-order valence-corrected chi connectivity index (χ2v) is 7.16. The van der Waals surface area contributed by atoms with Gasteiger partial charge in [-0.25, -0.2) is 9.86 Å². The number of benzene rings is 1. The maximum atomic E-state index is 12.2. The molecule has 1 saturated heterocycles. The van der Waals surface area contributed by atoms with E-state index in [4.69, 9.17) is 21.2 Å². The Morgan fingerprint density at radius 1 is 1.48 bits per heavy atom. The smallest absolute Gasteiger partial charge is 0.343 e. The van der Waals surface area contributed by atoms with Crippen molar-refractivity contribution in [3.8, 4) is 0 Å². The summed E-state index contributed by atoms with van der Waals surface area (Å²) < 4.78 is 4.87. The molecule has 0 unspecified atom stereocenters. The fourth-order valence-corrected chi connectivity index (χ4v) is 2.59. The molecule has 0 atom stereocenters. The van der Waals surface area contributed by atoms with Crippen molar-refractivity contribution in [3.63, 3.8) is 0 Å². The highest BCUT2D eigenvalue weighted by Gasteiger charge is 2.40. The molecular weight excluding hydrogens is 372 g/mol. The number of aliphatic hydroxyl groups excluding tert-OH is 1. The van der Waals surface area contributed by atoms with Crippen LogP contribution >= 0.6 is 11.6 Å². The van der Waals surface area contributed by atoms with Crippen molar-refractivity contribution < 1.29 is 24.3 Å². The van der Waals surface area contributed by atoms with Gasteiger partial charge in [0.25, 0.3) is 5.91 Å². The molecule has 1 aromatic rings. The van der Waals surface area contributed by atoms with Crippen LogP contribution in [0.5, 0.6) is 0 Å². The Labute approximate surface area is 163 Å². The molecule has 0 spiro atoms. The molecule has 1 aromatic carbocycles. The summed E-state index contributed by atoms with van der Waals surface area (Å²) in [5, 5.41) is 11.3. The number of carbonyl (C=O) groups excluding carboxylic acids is 2. The lowest BCUT2D eigenvalue weighted by molar-refractivity contribution is -0.165. The number of carbonyl (C=O) groups is 2. The van der Waals surface area contributed by atoms with Gasteiger partial charge in [-0.1, -0.05) is 17.7 Å². The summed E-state index contributed by atoms with van der Waals surface area (Å²) in [5.41, 5.74) is 0.617. The molecule has 0 radical (unpaired) electrons. The predicted molar refractivity (Wildman–Crippen MR) is 102 cm³/mol. The van der Waals surface area contributed by atoms with Gasteiger partial charge < -0.3 is 9.84 Å². The number of aliphatic hydroxyl groups is 1. The highest BCUT2D eigenvalue weighted by Crippen LogP contribution is 2.30. The molecule has 7 nitrogen and oxygen atoms in total. The molecule has 1 amide bonds. The zero-order chi connectivity index (χ0) is 20.2. The summed E-state index contributed by atoms with van der Waals surface area (Å²) >= 11 is 6.30. The number of esters is 1. The molecule has 8 heteroatoms. The van der Waals surface area contributed by atoms with Crippen molar-refractivity contribution in [1.82, 2.24) is 5.06 Å². The van der Waals surface area contributed by atoms with E-state index in [1.54, 1.807) is 25.1 Å². The Bertz CT molecular complexity index is 797. The van der Waals surface area contributed by atoms with Gasteiger partial charge in [0.05, 0.1) is 30.9 Å². The van der Waals surface area contributed by atoms with Crippen molar-refractivity contribution >= 4 is 35.4 Å². The molecule has 0 bridgehead atoms. The highest BCUT2D eigenvalue weighted by atomic mass is 35.5. The number of hydrogen-bond donors (Lipinski definition) is 1. The number of allylic oxidation sites excluding steroid dienone is 1. The highest BCUT2D eigenvalue weighted by molar-refractivity contribution is 6.31. The van der Waals surface area contributed by atoms with Crippen LogP contribution in [0.4, 0.5) is 5.69 Å². The fourth-order valence-electron chi connectivity index (χ4n) is 2.36. The summed E-state index contributed by atoms with van der Waals surface area (Å²) in [6, 6.07) is 5.03. The lowest BCUT2D eigenvalue weighted by Gasteiger charge is -2.17. The van der Waals surface area contributed by atoms with Gasteiger partial charge in [-0.2, -0.15) is 0 Å². The van der Waals surface area contributed by atoms with Crippen LogP contribution in [0.1, 0.15) is 33.3 Å². The first-order valence-corrected chi connectivity index (χ1v) is 8.88. The van der Waals surface area contributed by atoms with Gasteiger partial charge in [0, 0.05) is 11.2 Å². The Balaban J connectivity index is 2.14. The third-order valence-corrected chi connectivity index (χ3v) is 4.32. The third-order valence-electron chi connectivity index (χ3n) is 3.97. The van der Waals surface area contributed by atoms with Crippen LogP contribution in [0, 0.1) is 5.41 Å². The molecule has 1 heterocycles. The van der Waals surface area contributed by atoms with E-state index in [0.29, 0.717) is 22.9 Å². The molecule has 0 aliphatic carbocycles. The fraction of sp³-hybridized carbons (Fsp3) is 0.421. The van der Waals surface area contributed by atoms with E-state index >= 15 is 0 Å². The molecule has 1 fully saturated rings. The molecular formula is C19H23ClN2O5. The Kier molecular flexibility index (Phi) is 6.62. The lowest BCUT2D eigenvalue weighted by Crippen LogP contribution is -2.30. The minimum absolute atomic E-state index is 0.0321. The van der Waals surface area contributed by atoms with Gasteiger partial charge in [-0.3, -0.25) is 14.6 Å². The van der Waals surface area contributed by atoms with E-state index in [1.807, 2.05) is 13.8 Å². The summed E-state index contributed by atoms with van der Waals surface area (Å²) in [6.07, 6.45) is 1.23. The van der Waals surface area contributed by atoms with Crippen LogP contribution in [0.25, 0.3) is 0 Å². The standard InChI is InChI=1S/C19H23ClN2O5/c1-5-26-17(24)15(12(2)23)9-21-14-7-6-13(16(20)8-14)10-22-18(25)19(3,4)11-27-22/h6-9,23H,5,10-11H2,1-4H3/b15-12+,21-9?. The van der Waals surface area contributed by atoms with Crippen LogP contribution in [0.3, 0.4) is 0 Å².